The summed E-state index contributed by atoms with van der Waals surface area (Å²) in [6, 6.07) is 13.2. The Morgan fingerprint density at radius 3 is 2.23 bits per heavy atom. The number of ether oxygens (including phenoxy) is 1. The van der Waals surface area contributed by atoms with Gasteiger partial charge < -0.3 is 9.15 Å². The Kier molecular flexibility index (Phi) is 6.71. The summed E-state index contributed by atoms with van der Waals surface area (Å²) in [6.07, 6.45) is -0.353. The highest BCUT2D eigenvalue weighted by atomic mass is 32.2. The summed E-state index contributed by atoms with van der Waals surface area (Å²) in [4.78, 5) is 12.2. The minimum absolute atomic E-state index is 0.0623. The largest absolute Gasteiger partial charge is 0.497 e. The molecule has 3 rings (SSSR count). The van der Waals surface area contributed by atoms with Gasteiger partial charge in [-0.2, -0.15) is 0 Å². The molecule has 0 bridgehead atoms. The SMILES string of the molecule is COc1ccc(S(=O)(=O)CCC(=O)Nc2nnc(CS(=O)(=O)c3ccccc3)o2)cc1. The number of nitrogens with zero attached hydrogens (tertiary/aromatic N) is 2. The molecule has 2 aromatic carbocycles. The quantitative estimate of drug-likeness (QED) is 0.500. The zero-order valence-corrected chi connectivity index (χ0v) is 18.0. The van der Waals surface area contributed by atoms with Crippen molar-refractivity contribution in [3.8, 4) is 5.75 Å². The summed E-state index contributed by atoms with van der Waals surface area (Å²) in [5.74, 6) is -1.33. The van der Waals surface area contributed by atoms with E-state index in [1.807, 2.05) is 0 Å². The number of aromatic nitrogens is 2. The molecule has 0 aliphatic carbocycles. The maximum Gasteiger partial charge on any atom is 0.322 e. The van der Waals surface area contributed by atoms with E-state index >= 15 is 0 Å². The third-order valence-corrected chi connectivity index (χ3v) is 7.49. The van der Waals surface area contributed by atoms with E-state index in [9.17, 15) is 21.6 Å². The number of carbonyl (C=O) groups is 1. The number of rotatable bonds is 9. The second-order valence-corrected chi connectivity index (χ2v) is 10.5. The predicted octanol–water partition coefficient (Wildman–Crippen LogP) is 1.85. The number of hydrogen-bond acceptors (Lipinski definition) is 9. The zero-order valence-electron chi connectivity index (χ0n) is 16.4. The Hall–Kier alpha value is -3.25. The van der Waals surface area contributed by atoms with Gasteiger partial charge in [0.1, 0.15) is 11.5 Å². The number of hydrogen-bond donors (Lipinski definition) is 1. The van der Waals surface area contributed by atoms with Gasteiger partial charge >= 0.3 is 6.01 Å². The molecule has 0 spiro atoms. The lowest BCUT2D eigenvalue weighted by atomic mass is 10.3. The van der Waals surface area contributed by atoms with Crippen molar-refractivity contribution in [1.82, 2.24) is 10.2 Å². The molecule has 10 nitrogen and oxygen atoms in total. The molecule has 0 atom stereocenters. The minimum Gasteiger partial charge on any atom is -0.497 e. The normalized spacial score (nSPS) is 11.8. The topological polar surface area (TPSA) is 146 Å². The summed E-state index contributed by atoms with van der Waals surface area (Å²) in [5.41, 5.74) is 0. The van der Waals surface area contributed by atoms with E-state index in [4.69, 9.17) is 9.15 Å². The minimum atomic E-state index is -3.69. The number of sulfone groups is 2. The molecular weight excluding hydrogens is 446 g/mol. The van der Waals surface area contributed by atoms with Gasteiger partial charge in [0.15, 0.2) is 19.7 Å². The Bertz CT molecular complexity index is 1250. The molecule has 0 aliphatic rings. The third-order valence-electron chi connectivity index (χ3n) is 4.15. The van der Waals surface area contributed by atoms with Crippen LogP contribution in [-0.4, -0.2) is 45.8 Å². The predicted molar refractivity (Wildman–Crippen MR) is 110 cm³/mol. The van der Waals surface area contributed by atoms with Gasteiger partial charge in [0, 0.05) is 6.42 Å². The van der Waals surface area contributed by atoms with Crippen molar-refractivity contribution in [2.75, 3.05) is 18.2 Å². The molecule has 164 valence electrons. The fourth-order valence-electron chi connectivity index (χ4n) is 2.55. The van der Waals surface area contributed by atoms with Gasteiger partial charge in [-0.25, -0.2) is 16.8 Å². The highest BCUT2D eigenvalue weighted by Gasteiger charge is 2.21. The molecule has 0 aliphatic heterocycles. The molecule has 0 fully saturated rings. The first-order valence-corrected chi connectivity index (χ1v) is 12.3. The Morgan fingerprint density at radius 1 is 0.935 bits per heavy atom. The number of nitrogens with one attached hydrogen (secondary N) is 1. The van der Waals surface area contributed by atoms with Crippen LogP contribution in [0.15, 0.2) is 68.8 Å². The maximum absolute atomic E-state index is 12.3. The van der Waals surface area contributed by atoms with Gasteiger partial charge in [0.2, 0.25) is 11.8 Å². The van der Waals surface area contributed by atoms with Crippen molar-refractivity contribution >= 4 is 31.6 Å². The van der Waals surface area contributed by atoms with E-state index < -0.39 is 37.1 Å². The average Bonchev–Trinajstić information content (AvgIpc) is 3.19. The summed E-state index contributed by atoms with van der Waals surface area (Å²) >= 11 is 0. The van der Waals surface area contributed by atoms with Crippen LogP contribution in [0.1, 0.15) is 12.3 Å². The first kappa shape index (κ1) is 22.4. The van der Waals surface area contributed by atoms with Crippen LogP contribution in [0.25, 0.3) is 0 Å². The van der Waals surface area contributed by atoms with Crippen LogP contribution in [0.2, 0.25) is 0 Å². The molecule has 1 aromatic heterocycles. The van der Waals surface area contributed by atoms with E-state index in [0.29, 0.717) is 5.75 Å². The van der Waals surface area contributed by atoms with E-state index in [2.05, 4.69) is 15.5 Å². The van der Waals surface area contributed by atoms with Crippen LogP contribution >= 0.6 is 0 Å². The van der Waals surface area contributed by atoms with Crippen LogP contribution in [0.5, 0.6) is 5.75 Å². The fourth-order valence-corrected chi connectivity index (χ4v) is 4.97. The van der Waals surface area contributed by atoms with E-state index in [1.54, 1.807) is 18.2 Å². The van der Waals surface area contributed by atoms with Gasteiger partial charge in [0.05, 0.1) is 22.7 Å². The molecule has 0 radical (unpaired) electrons. The fraction of sp³-hybridized carbons (Fsp3) is 0.211. The van der Waals surface area contributed by atoms with E-state index in [0.717, 1.165) is 0 Å². The van der Waals surface area contributed by atoms with Gasteiger partial charge in [-0.1, -0.05) is 23.3 Å². The molecule has 0 saturated heterocycles. The molecular formula is C19H19N3O7S2. The number of anilines is 1. The smallest absolute Gasteiger partial charge is 0.322 e. The Labute approximate surface area is 179 Å². The second kappa shape index (κ2) is 9.27. The highest BCUT2D eigenvalue weighted by Crippen LogP contribution is 2.18. The molecule has 1 amide bonds. The lowest BCUT2D eigenvalue weighted by Gasteiger charge is -2.05. The first-order valence-electron chi connectivity index (χ1n) is 8.96. The first-order chi connectivity index (χ1) is 14.7. The summed E-state index contributed by atoms with van der Waals surface area (Å²) < 4.78 is 59.5. The van der Waals surface area contributed by atoms with Crippen molar-refractivity contribution in [1.29, 1.82) is 0 Å². The van der Waals surface area contributed by atoms with Crippen molar-refractivity contribution < 1.29 is 30.8 Å². The van der Waals surface area contributed by atoms with Crippen molar-refractivity contribution in [2.45, 2.75) is 22.0 Å². The van der Waals surface area contributed by atoms with Crippen LogP contribution < -0.4 is 10.1 Å². The maximum atomic E-state index is 12.3. The van der Waals surface area contributed by atoms with Crippen LogP contribution in [-0.2, 0) is 30.2 Å². The third kappa shape index (κ3) is 5.89. The number of methoxy groups -OCH3 is 1. The molecule has 3 aromatic rings. The van der Waals surface area contributed by atoms with Gasteiger partial charge in [-0.05, 0) is 36.4 Å². The average molecular weight is 466 g/mol. The zero-order chi connectivity index (χ0) is 22.5. The van der Waals surface area contributed by atoms with Gasteiger partial charge in [-0.15, -0.1) is 5.10 Å². The standard InChI is InChI=1S/C19H19N3O7S2/c1-28-14-7-9-16(10-8-14)30(24,25)12-11-17(23)20-19-22-21-18(29-19)13-31(26,27)15-5-3-2-4-6-15/h2-10H,11-13H2,1H3,(H,20,22,23). The number of amides is 1. The second-order valence-electron chi connectivity index (χ2n) is 6.37. The van der Waals surface area contributed by atoms with Crippen LogP contribution in [0, 0.1) is 0 Å². The summed E-state index contributed by atoms with van der Waals surface area (Å²) in [7, 11) is -5.91. The van der Waals surface area contributed by atoms with Crippen LogP contribution in [0.3, 0.4) is 0 Å². The molecule has 1 heterocycles. The summed E-state index contributed by atoms with van der Waals surface area (Å²) in [5, 5.41) is 9.46. The molecule has 0 saturated carbocycles. The molecule has 12 heteroatoms. The molecule has 1 N–H and O–H groups in total. The Morgan fingerprint density at radius 2 is 1.58 bits per heavy atom. The Balaban J connectivity index is 1.57. The molecule has 0 unspecified atom stereocenters. The van der Waals surface area contributed by atoms with Crippen LogP contribution in [0.4, 0.5) is 6.01 Å². The summed E-state index contributed by atoms with van der Waals surface area (Å²) in [6.45, 7) is 0. The number of benzene rings is 2. The lowest BCUT2D eigenvalue weighted by molar-refractivity contribution is -0.116. The number of carbonyl (C=O) groups excluding carboxylic acids is 1. The van der Waals surface area contributed by atoms with Crippen molar-refractivity contribution in [3.05, 3.63) is 60.5 Å². The van der Waals surface area contributed by atoms with Crippen molar-refractivity contribution in [3.63, 3.8) is 0 Å². The highest BCUT2D eigenvalue weighted by molar-refractivity contribution is 7.91. The van der Waals surface area contributed by atoms with Gasteiger partial charge in [-0.3, -0.25) is 10.1 Å². The van der Waals surface area contributed by atoms with E-state index in [-0.39, 0.29) is 28.1 Å². The molecule has 31 heavy (non-hydrogen) atoms. The van der Waals surface area contributed by atoms with E-state index in [1.165, 1.54) is 43.5 Å². The monoisotopic (exact) mass is 465 g/mol. The van der Waals surface area contributed by atoms with Gasteiger partial charge in [0.25, 0.3) is 0 Å². The lowest BCUT2D eigenvalue weighted by Crippen LogP contribution is -2.17. The van der Waals surface area contributed by atoms with Crippen molar-refractivity contribution in [2.24, 2.45) is 0 Å².